The van der Waals surface area contributed by atoms with Gasteiger partial charge in [0.25, 0.3) is 0 Å². The molecule has 0 aromatic carbocycles. The predicted molar refractivity (Wildman–Crippen MR) is 80.2 cm³/mol. The molecule has 1 rings (SSSR count). The van der Waals surface area contributed by atoms with Crippen molar-refractivity contribution in [3.05, 3.63) is 11.6 Å². The normalized spacial score (nSPS) is 24.6. The van der Waals surface area contributed by atoms with Crippen LogP contribution in [-0.2, 0) is 14.3 Å². The number of aliphatic carboxylic acids is 1. The summed E-state index contributed by atoms with van der Waals surface area (Å²) in [6.45, 7) is 3.74. The van der Waals surface area contributed by atoms with Crippen LogP contribution >= 0.6 is 0 Å². The van der Waals surface area contributed by atoms with Crippen LogP contribution in [0.1, 0.15) is 39.5 Å². The summed E-state index contributed by atoms with van der Waals surface area (Å²) in [5.41, 5.74) is 5.92. The fraction of sp³-hybridized carbons (Fsp3) is 0.733. The number of nitrogens with two attached hydrogens (primary N) is 1. The number of carbonyl (C=O) groups excluding carboxylic acids is 1. The second kappa shape index (κ2) is 8.48. The number of carboxylic acids is 1. The SMILES string of the molecule is CCC(CC)O[C@@H]1C=C(C(=O)O)C[C@H](N)[C@H]1NC(=O)CC(F)(F)F. The van der Waals surface area contributed by atoms with Gasteiger partial charge in [-0.1, -0.05) is 13.8 Å². The van der Waals surface area contributed by atoms with Crippen LogP contribution in [0.15, 0.2) is 11.6 Å². The van der Waals surface area contributed by atoms with Crippen molar-refractivity contribution in [2.75, 3.05) is 0 Å². The van der Waals surface area contributed by atoms with Crippen LogP contribution in [0, 0.1) is 0 Å². The average Bonchev–Trinajstić information content (AvgIpc) is 2.45. The summed E-state index contributed by atoms with van der Waals surface area (Å²) in [5, 5.41) is 11.4. The lowest BCUT2D eigenvalue weighted by molar-refractivity contribution is -0.155. The molecule has 3 atom stereocenters. The zero-order valence-electron chi connectivity index (χ0n) is 13.6. The fourth-order valence-electron chi connectivity index (χ4n) is 2.59. The van der Waals surface area contributed by atoms with Crippen molar-refractivity contribution in [3.63, 3.8) is 0 Å². The number of amides is 1. The van der Waals surface area contributed by atoms with E-state index in [1.807, 2.05) is 13.8 Å². The first kappa shape index (κ1) is 20.4. The van der Waals surface area contributed by atoms with E-state index in [1.165, 1.54) is 6.08 Å². The van der Waals surface area contributed by atoms with Crippen LogP contribution in [0.4, 0.5) is 13.2 Å². The third-order valence-corrected chi connectivity index (χ3v) is 3.86. The average molecular weight is 352 g/mol. The molecule has 4 N–H and O–H groups in total. The van der Waals surface area contributed by atoms with Crippen molar-refractivity contribution in [2.24, 2.45) is 5.73 Å². The first-order valence-corrected chi connectivity index (χ1v) is 7.78. The maximum Gasteiger partial charge on any atom is 0.397 e. The summed E-state index contributed by atoms with van der Waals surface area (Å²) < 4.78 is 42.8. The van der Waals surface area contributed by atoms with E-state index < -0.39 is 42.7 Å². The van der Waals surface area contributed by atoms with Gasteiger partial charge in [0.1, 0.15) is 6.42 Å². The first-order chi connectivity index (χ1) is 11.1. The number of nitrogens with one attached hydrogen (secondary N) is 1. The van der Waals surface area contributed by atoms with Gasteiger partial charge in [0, 0.05) is 11.6 Å². The van der Waals surface area contributed by atoms with Crippen molar-refractivity contribution >= 4 is 11.9 Å². The lowest BCUT2D eigenvalue weighted by atomic mass is 9.88. The van der Waals surface area contributed by atoms with E-state index in [9.17, 15) is 22.8 Å². The molecule has 0 heterocycles. The smallest absolute Gasteiger partial charge is 0.397 e. The second-order valence-corrected chi connectivity index (χ2v) is 5.79. The highest BCUT2D eigenvalue weighted by molar-refractivity contribution is 5.87. The third-order valence-electron chi connectivity index (χ3n) is 3.86. The Bertz CT molecular complexity index is 490. The quantitative estimate of drug-likeness (QED) is 0.648. The molecule has 0 fully saturated rings. The van der Waals surface area contributed by atoms with E-state index in [2.05, 4.69) is 5.32 Å². The molecule has 6 nitrogen and oxygen atoms in total. The van der Waals surface area contributed by atoms with Gasteiger partial charge in [-0.15, -0.1) is 0 Å². The summed E-state index contributed by atoms with van der Waals surface area (Å²) in [6, 6.07) is -1.76. The zero-order chi connectivity index (χ0) is 18.5. The van der Waals surface area contributed by atoms with Gasteiger partial charge < -0.3 is 20.9 Å². The summed E-state index contributed by atoms with van der Waals surface area (Å²) >= 11 is 0. The highest BCUT2D eigenvalue weighted by Crippen LogP contribution is 2.24. The van der Waals surface area contributed by atoms with Crippen molar-refractivity contribution in [1.29, 1.82) is 0 Å². The van der Waals surface area contributed by atoms with Crippen LogP contribution in [0.5, 0.6) is 0 Å². The minimum absolute atomic E-state index is 0.0276. The number of hydrogen-bond donors (Lipinski definition) is 3. The van der Waals surface area contributed by atoms with Gasteiger partial charge in [-0.2, -0.15) is 13.2 Å². The molecule has 0 aliphatic heterocycles. The van der Waals surface area contributed by atoms with Crippen molar-refractivity contribution in [2.45, 2.75) is 70.0 Å². The van der Waals surface area contributed by atoms with E-state index in [-0.39, 0.29) is 18.1 Å². The Hall–Kier alpha value is -1.61. The Kier molecular flexibility index (Phi) is 7.22. The molecular formula is C15H23F3N2O4. The molecule has 0 spiro atoms. The number of rotatable bonds is 7. The number of carboxylic acid groups (broad SMARTS) is 1. The molecule has 0 saturated carbocycles. The standard InChI is InChI=1S/C15H23F3N2O4/c1-3-9(4-2)24-11-6-8(14(22)23)5-10(19)13(11)20-12(21)7-15(16,17)18/h6,9-11,13H,3-5,7,19H2,1-2H3,(H,20,21)(H,22,23)/t10-,11+,13+/m0/s1. The van der Waals surface area contributed by atoms with Crippen LogP contribution in [0.25, 0.3) is 0 Å². The summed E-state index contributed by atoms with van der Waals surface area (Å²) in [4.78, 5) is 22.8. The van der Waals surface area contributed by atoms with E-state index >= 15 is 0 Å². The van der Waals surface area contributed by atoms with E-state index in [0.717, 1.165) is 0 Å². The molecule has 0 radical (unpaired) electrons. The van der Waals surface area contributed by atoms with Gasteiger partial charge in [0.05, 0.1) is 18.2 Å². The summed E-state index contributed by atoms with van der Waals surface area (Å²) in [5.74, 6) is -2.38. The van der Waals surface area contributed by atoms with Gasteiger partial charge >= 0.3 is 12.1 Å². The molecule has 1 aliphatic rings. The Balaban J connectivity index is 2.96. The van der Waals surface area contributed by atoms with Gasteiger partial charge in [-0.05, 0) is 25.3 Å². The molecule has 0 unspecified atom stereocenters. The Labute approximate surface area is 138 Å². The second-order valence-electron chi connectivity index (χ2n) is 5.79. The topological polar surface area (TPSA) is 102 Å². The van der Waals surface area contributed by atoms with Crippen LogP contribution in [0.2, 0.25) is 0 Å². The van der Waals surface area contributed by atoms with Crippen LogP contribution in [-0.4, -0.2) is 47.5 Å². The van der Waals surface area contributed by atoms with Crippen molar-refractivity contribution in [3.8, 4) is 0 Å². The zero-order valence-corrected chi connectivity index (χ0v) is 13.6. The number of carbonyl (C=O) groups is 2. The molecule has 138 valence electrons. The monoisotopic (exact) mass is 352 g/mol. The van der Waals surface area contributed by atoms with Crippen molar-refractivity contribution < 1.29 is 32.6 Å². The van der Waals surface area contributed by atoms with Crippen LogP contribution < -0.4 is 11.1 Å². The Morgan fingerprint density at radius 3 is 2.46 bits per heavy atom. The van der Waals surface area contributed by atoms with E-state index in [0.29, 0.717) is 12.8 Å². The summed E-state index contributed by atoms with van der Waals surface area (Å²) in [6.07, 6.45) is -4.81. The Morgan fingerprint density at radius 1 is 1.42 bits per heavy atom. The van der Waals surface area contributed by atoms with E-state index in [4.69, 9.17) is 15.6 Å². The molecule has 1 aliphatic carbocycles. The molecular weight excluding hydrogens is 329 g/mol. The number of hydrogen-bond acceptors (Lipinski definition) is 4. The lowest BCUT2D eigenvalue weighted by Gasteiger charge is -2.36. The molecule has 0 aromatic heterocycles. The van der Waals surface area contributed by atoms with Gasteiger partial charge in [0.2, 0.25) is 5.91 Å². The minimum atomic E-state index is -4.63. The highest BCUT2D eigenvalue weighted by atomic mass is 19.4. The first-order valence-electron chi connectivity index (χ1n) is 7.78. The largest absolute Gasteiger partial charge is 0.478 e. The molecule has 0 aromatic rings. The molecule has 9 heteroatoms. The maximum atomic E-state index is 12.3. The van der Waals surface area contributed by atoms with Crippen LogP contribution in [0.3, 0.4) is 0 Å². The highest BCUT2D eigenvalue weighted by Gasteiger charge is 2.38. The lowest BCUT2D eigenvalue weighted by Crippen LogP contribution is -2.57. The summed E-state index contributed by atoms with van der Waals surface area (Å²) in [7, 11) is 0. The molecule has 0 bridgehead atoms. The number of halogens is 3. The number of alkyl halides is 3. The van der Waals surface area contributed by atoms with Gasteiger partial charge in [-0.3, -0.25) is 4.79 Å². The van der Waals surface area contributed by atoms with Gasteiger partial charge in [-0.25, -0.2) is 4.79 Å². The molecule has 0 saturated heterocycles. The maximum absolute atomic E-state index is 12.3. The Morgan fingerprint density at radius 2 is 2.00 bits per heavy atom. The fourth-order valence-corrected chi connectivity index (χ4v) is 2.59. The minimum Gasteiger partial charge on any atom is -0.478 e. The molecule has 24 heavy (non-hydrogen) atoms. The van der Waals surface area contributed by atoms with Crippen molar-refractivity contribution in [1.82, 2.24) is 5.32 Å². The predicted octanol–water partition coefficient (Wildman–Crippen LogP) is 1.74. The third kappa shape index (κ3) is 6.12. The van der Waals surface area contributed by atoms with Gasteiger partial charge in [0.15, 0.2) is 0 Å². The molecule has 1 amide bonds. The number of ether oxygens (including phenoxy) is 1. The van der Waals surface area contributed by atoms with E-state index in [1.54, 1.807) is 0 Å².